The summed E-state index contributed by atoms with van der Waals surface area (Å²) < 4.78 is 0. The van der Waals surface area contributed by atoms with Crippen LogP contribution in [0.25, 0.3) is 32.3 Å². The molecule has 0 unspecified atom stereocenters. The monoisotopic (exact) mass is 815 g/mol. The summed E-state index contributed by atoms with van der Waals surface area (Å²) in [6.07, 6.45) is 2.14. The first-order valence-electron chi connectivity index (χ1n) is 23.0. The summed E-state index contributed by atoms with van der Waals surface area (Å²) in [5, 5.41) is 8.26. The lowest BCUT2D eigenvalue weighted by atomic mass is 9.70. The minimum absolute atomic E-state index is 0.000333. The van der Waals surface area contributed by atoms with Crippen LogP contribution in [-0.4, -0.2) is 0 Å². The van der Waals surface area contributed by atoms with E-state index in [-0.39, 0.29) is 16.2 Å². The van der Waals surface area contributed by atoms with Gasteiger partial charge in [-0.3, -0.25) is 0 Å². The van der Waals surface area contributed by atoms with Gasteiger partial charge >= 0.3 is 0 Å². The third kappa shape index (κ3) is 6.77. The number of benzene rings is 8. The van der Waals surface area contributed by atoms with Crippen LogP contribution < -0.4 is 9.80 Å². The minimum atomic E-state index is -0.00180. The summed E-state index contributed by atoms with van der Waals surface area (Å²) in [4.78, 5) is 5.22. The lowest BCUT2D eigenvalue weighted by molar-refractivity contribution is 0.475. The van der Waals surface area contributed by atoms with Crippen molar-refractivity contribution in [1.82, 2.24) is 0 Å². The van der Waals surface area contributed by atoms with Gasteiger partial charge in [0.2, 0.25) is 0 Å². The summed E-state index contributed by atoms with van der Waals surface area (Å²) in [5.74, 6) is 0.313. The second-order valence-corrected chi connectivity index (χ2v) is 21.6. The first-order valence-corrected chi connectivity index (χ1v) is 23.0. The lowest BCUT2D eigenvalue weighted by Gasteiger charge is -2.38. The third-order valence-corrected chi connectivity index (χ3v) is 14.3. The summed E-state index contributed by atoms with van der Waals surface area (Å²) in [6, 6.07) is 44.9. The molecule has 0 atom stereocenters. The Labute approximate surface area is 371 Å². The molecule has 1 aliphatic rings. The molecule has 0 aromatic heterocycles. The molecule has 0 saturated heterocycles. The molecule has 62 heavy (non-hydrogen) atoms. The second kappa shape index (κ2) is 14.8. The SMILES string of the molecule is Cc1ccccc1N(c1cc(C(C)(C)C)ccc1C)c1cc(C(C)C)c2ccc3c(N(c4ccccc4C)c4cc(C(C)(C)C)ccc4C)cc4c5c(cc1c2c35)C(C)(C)CC4. The van der Waals surface area contributed by atoms with Gasteiger partial charge in [0.25, 0.3) is 0 Å². The van der Waals surface area contributed by atoms with Gasteiger partial charge in [0.1, 0.15) is 0 Å². The van der Waals surface area contributed by atoms with E-state index in [4.69, 9.17) is 0 Å². The molecule has 0 bridgehead atoms. The van der Waals surface area contributed by atoms with Gasteiger partial charge in [0, 0.05) is 38.9 Å². The van der Waals surface area contributed by atoms with E-state index in [0.717, 1.165) is 12.8 Å². The van der Waals surface area contributed by atoms with Crippen LogP contribution in [0.1, 0.15) is 132 Å². The van der Waals surface area contributed by atoms with Gasteiger partial charge in [0.15, 0.2) is 0 Å². The van der Waals surface area contributed by atoms with Crippen LogP contribution in [0.5, 0.6) is 0 Å². The van der Waals surface area contributed by atoms with Crippen LogP contribution in [0.3, 0.4) is 0 Å². The molecule has 8 aromatic carbocycles. The smallest absolute Gasteiger partial charge is 0.0543 e. The Bertz CT molecular complexity index is 3030. The molecule has 8 aromatic rings. The van der Waals surface area contributed by atoms with Crippen molar-refractivity contribution in [2.75, 3.05) is 9.80 Å². The molecule has 2 nitrogen and oxygen atoms in total. The van der Waals surface area contributed by atoms with Crippen molar-refractivity contribution in [2.45, 2.75) is 132 Å². The van der Waals surface area contributed by atoms with Crippen LogP contribution in [0.15, 0.2) is 115 Å². The van der Waals surface area contributed by atoms with Crippen molar-refractivity contribution < 1.29 is 0 Å². The van der Waals surface area contributed by atoms with Gasteiger partial charge in [-0.2, -0.15) is 0 Å². The van der Waals surface area contributed by atoms with Gasteiger partial charge in [-0.15, -0.1) is 0 Å². The number of hydrogen-bond donors (Lipinski definition) is 0. The van der Waals surface area contributed by atoms with Crippen LogP contribution >= 0.6 is 0 Å². The first kappa shape index (κ1) is 41.7. The van der Waals surface area contributed by atoms with E-state index in [1.807, 2.05) is 0 Å². The van der Waals surface area contributed by atoms with Gasteiger partial charge in [0.05, 0.1) is 11.4 Å². The van der Waals surface area contributed by atoms with Crippen molar-refractivity contribution in [3.63, 3.8) is 0 Å². The van der Waals surface area contributed by atoms with Crippen LogP contribution in [-0.2, 0) is 22.7 Å². The van der Waals surface area contributed by atoms with Crippen molar-refractivity contribution in [3.05, 3.63) is 165 Å². The molecule has 0 heterocycles. The topological polar surface area (TPSA) is 6.48 Å². The lowest BCUT2D eigenvalue weighted by Crippen LogP contribution is -2.24. The molecule has 0 N–H and O–H groups in total. The normalized spacial score (nSPS) is 14.1. The van der Waals surface area contributed by atoms with E-state index >= 15 is 0 Å². The zero-order valence-corrected chi connectivity index (χ0v) is 39.9. The number of nitrogens with zero attached hydrogens (tertiary/aromatic N) is 2. The van der Waals surface area contributed by atoms with Crippen LogP contribution in [0.2, 0.25) is 0 Å². The van der Waals surface area contributed by atoms with E-state index in [1.54, 1.807) is 0 Å². The maximum absolute atomic E-state index is 2.62. The summed E-state index contributed by atoms with van der Waals surface area (Å²) in [6.45, 7) is 32.8. The van der Waals surface area contributed by atoms with E-state index < -0.39 is 0 Å². The highest BCUT2D eigenvalue weighted by molar-refractivity contribution is 6.30. The van der Waals surface area contributed by atoms with Crippen molar-refractivity contribution >= 4 is 66.4 Å². The van der Waals surface area contributed by atoms with E-state index in [2.05, 4.69) is 222 Å². The Morgan fingerprint density at radius 1 is 0.468 bits per heavy atom. The fraction of sp³-hybridized carbons (Fsp3) is 0.333. The minimum Gasteiger partial charge on any atom is -0.309 e. The van der Waals surface area contributed by atoms with Gasteiger partial charge in [-0.1, -0.05) is 142 Å². The Hall–Kier alpha value is -5.60. The average Bonchev–Trinajstić information content (AvgIpc) is 3.21. The first-order chi connectivity index (χ1) is 29.3. The zero-order valence-electron chi connectivity index (χ0n) is 39.9. The summed E-state index contributed by atoms with van der Waals surface area (Å²) >= 11 is 0. The third-order valence-electron chi connectivity index (χ3n) is 14.3. The van der Waals surface area contributed by atoms with E-state index in [0.29, 0.717) is 5.92 Å². The number of hydrogen-bond acceptors (Lipinski definition) is 2. The molecule has 1 aliphatic carbocycles. The van der Waals surface area contributed by atoms with E-state index in [1.165, 1.54) is 117 Å². The number of para-hydroxylation sites is 2. The molecule has 316 valence electrons. The summed E-state index contributed by atoms with van der Waals surface area (Å²) in [7, 11) is 0. The molecule has 0 saturated carbocycles. The Kier molecular flexibility index (Phi) is 9.93. The zero-order chi connectivity index (χ0) is 44.2. The molecule has 0 amide bonds. The average molecular weight is 815 g/mol. The maximum Gasteiger partial charge on any atom is 0.0543 e. The fourth-order valence-electron chi connectivity index (χ4n) is 10.4. The Morgan fingerprint density at radius 2 is 0.952 bits per heavy atom. The van der Waals surface area contributed by atoms with Gasteiger partial charge < -0.3 is 9.80 Å². The van der Waals surface area contributed by atoms with Crippen molar-refractivity contribution in [1.29, 1.82) is 0 Å². The predicted octanol–water partition coefficient (Wildman–Crippen LogP) is 17.7. The molecule has 9 rings (SSSR count). The Balaban J connectivity index is 1.48. The standard InChI is InChI=1S/C60H66N2/c1-36(2)46-35-54(62(50-22-18-16-20-38(50)4)52-33-43(59(10,11)12)26-24-40(52)6)47-34-48-55-41(29-30-60(48,13)14)31-53(45-28-27-44(46)56(47)57(45)55)61(49-21-17-15-19-37(49)3)51-32-42(58(7,8)9)25-23-39(51)5/h15-28,31-36H,29-30H2,1-14H3. The molecule has 0 radical (unpaired) electrons. The summed E-state index contributed by atoms with van der Waals surface area (Å²) in [5.41, 5.74) is 19.5. The molecular weight excluding hydrogens is 749 g/mol. The maximum atomic E-state index is 2.62. The molecular formula is C60H66N2. The number of anilines is 6. The highest BCUT2D eigenvalue weighted by Crippen LogP contribution is 2.55. The number of aryl methyl sites for hydroxylation is 5. The van der Waals surface area contributed by atoms with Crippen molar-refractivity contribution in [3.8, 4) is 0 Å². The molecule has 0 spiro atoms. The number of rotatable bonds is 7. The largest absolute Gasteiger partial charge is 0.309 e. The van der Waals surface area contributed by atoms with E-state index in [9.17, 15) is 0 Å². The van der Waals surface area contributed by atoms with Gasteiger partial charge in [-0.05, 0) is 171 Å². The highest BCUT2D eigenvalue weighted by Gasteiger charge is 2.35. The van der Waals surface area contributed by atoms with Crippen molar-refractivity contribution in [2.24, 2.45) is 0 Å². The molecule has 0 aliphatic heterocycles. The molecule has 0 fully saturated rings. The van der Waals surface area contributed by atoms with Crippen LogP contribution in [0.4, 0.5) is 34.1 Å². The molecule has 2 heteroatoms. The second-order valence-electron chi connectivity index (χ2n) is 21.6. The van der Waals surface area contributed by atoms with Crippen LogP contribution in [0, 0.1) is 27.7 Å². The predicted molar refractivity (Wildman–Crippen MR) is 271 cm³/mol. The fourth-order valence-corrected chi connectivity index (χ4v) is 10.4. The van der Waals surface area contributed by atoms with Gasteiger partial charge in [-0.25, -0.2) is 0 Å². The Morgan fingerprint density at radius 3 is 1.45 bits per heavy atom. The quantitative estimate of drug-likeness (QED) is 0.148. The highest BCUT2D eigenvalue weighted by atomic mass is 15.2.